The van der Waals surface area contributed by atoms with Gasteiger partial charge in [-0.15, -0.1) is 45.3 Å². The van der Waals surface area contributed by atoms with E-state index in [-0.39, 0.29) is 11.2 Å². The van der Waals surface area contributed by atoms with Crippen LogP contribution in [0.4, 0.5) is 0 Å². The van der Waals surface area contributed by atoms with Gasteiger partial charge in [-0.1, -0.05) is 110 Å². The van der Waals surface area contributed by atoms with Gasteiger partial charge in [0.25, 0.3) is 0 Å². The van der Waals surface area contributed by atoms with Crippen LogP contribution < -0.4 is 9.47 Å². The third-order valence-corrected chi connectivity index (χ3v) is 19.4. The standard InChI is InChI=1S/C46H32O2S8/c49-35-25-11-3-4-12-26(25)36(50)29(35)19-23-21-31-39(53-23)41-33(45(47-31)15-7-1-8-16-45)43-44(55-41)34-42(56-43)40-32(48-46(34)17-9-2-10-18-46)22-24(54-40)20-30-37(51)27-13-5-6-14-28(27)38(30)52/h3-6,11-14,19-22H,1-2,7-10,15-18H2. The number of rotatable bonds is 2. The number of allylic oxidation sites excluding steroid dienone is 2. The molecule has 0 saturated heterocycles. The third kappa shape index (κ3) is 4.90. The summed E-state index contributed by atoms with van der Waals surface area (Å²) in [6, 6.07) is 21.0. The highest BCUT2D eigenvalue weighted by atomic mass is 32.1. The summed E-state index contributed by atoms with van der Waals surface area (Å²) in [7, 11) is 0. The third-order valence-electron chi connectivity index (χ3n) is 12.6. The van der Waals surface area contributed by atoms with Crippen molar-refractivity contribution < 1.29 is 9.47 Å². The van der Waals surface area contributed by atoms with E-state index in [0.717, 1.165) is 99.8 Å². The number of fused-ring (bicyclic) bond motifs is 13. The molecule has 2 aromatic carbocycles. The fourth-order valence-corrected chi connectivity index (χ4v) is 17.1. The van der Waals surface area contributed by atoms with E-state index in [1.54, 1.807) is 0 Å². The summed E-state index contributed by atoms with van der Waals surface area (Å²) in [5.41, 5.74) is 8.40. The van der Waals surface area contributed by atoms with Crippen LogP contribution in [0.15, 0.2) is 71.8 Å². The Labute approximate surface area is 362 Å². The Morgan fingerprint density at radius 1 is 0.464 bits per heavy atom. The maximum absolute atomic E-state index is 7.35. The summed E-state index contributed by atoms with van der Waals surface area (Å²) < 4.78 is 17.5. The molecule has 2 aliphatic heterocycles. The fraction of sp³-hybridized carbons (Fsp3) is 0.261. The highest BCUT2D eigenvalue weighted by Gasteiger charge is 2.50. The highest BCUT2D eigenvalue weighted by Crippen LogP contribution is 2.66. The van der Waals surface area contributed by atoms with Crippen molar-refractivity contribution in [3.05, 3.63) is 115 Å². The van der Waals surface area contributed by atoms with Crippen molar-refractivity contribution in [1.82, 2.24) is 0 Å². The van der Waals surface area contributed by atoms with Gasteiger partial charge < -0.3 is 9.47 Å². The molecule has 0 atom stereocenters. The van der Waals surface area contributed by atoms with Gasteiger partial charge in [0.05, 0.1) is 48.4 Å². The molecule has 2 fully saturated rings. The predicted octanol–water partition coefficient (Wildman–Crippen LogP) is 14.6. The van der Waals surface area contributed by atoms with Gasteiger partial charge in [-0.05, 0) is 75.7 Å². The van der Waals surface area contributed by atoms with E-state index in [1.165, 1.54) is 78.6 Å². The first-order valence-corrected chi connectivity index (χ1v) is 24.3. The lowest BCUT2D eigenvalue weighted by molar-refractivity contribution is 0.0257. The van der Waals surface area contributed by atoms with Gasteiger partial charge in [-0.3, -0.25) is 0 Å². The number of hydrogen-bond donors (Lipinski definition) is 0. The Balaban J connectivity index is 1.02. The lowest BCUT2D eigenvalue weighted by Crippen LogP contribution is -2.37. The van der Waals surface area contributed by atoms with E-state index < -0.39 is 0 Å². The van der Waals surface area contributed by atoms with Crippen molar-refractivity contribution in [2.75, 3.05) is 0 Å². The quantitative estimate of drug-likeness (QED) is 0.127. The van der Waals surface area contributed by atoms with Crippen LogP contribution in [-0.2, 0) is 11.2 Å². The van der Waals surface area contributed by atoms with Crippen LogP contribution in [0.2, 0.25) is 0 Å². The van der Waals surface area contributed by atoms with Gasteiger partial charge in [-0.25, -0.2) is 0 Å². The van der Waals surface area contributed by atoms with Gasteiger partial charge in [0.1, 0.15) is 22.7 Å². The van der Waals surface area contributed by atoms with Crippen molar-refractivity contribution in [2.24, 2.45) is 0 Å². The second-order valence-corrected chi connectivity index (χ2v) is 21.6. The molecule has 4 aromatic heterocycles. The Bertz CT molecular complexity index is 2590. The number of thiophene rings is 4. The van der Waals surface area contributed by atoms with Crippen LogP contribution in [0.25, 0.3) is 41.1 Å². The topological polar surface area (TPSA) is 18.5 Å². The first-order chi connectivity index (χ1) is 27.3. The zero-order valence-corrected chi connectivity index (χ0v) is 36.6. The van der Waals surface area contributed by atoms with Crippen LogP contribution in [0.3, 0.4) is 0 Å². The molecule has 2 spiro atoms. The SMILES string of the molecule is S=C1C(=Cc2cc3c(s2)-c2sc4c5c(sc4c2C2(CCCCC2)O3)-c2sc(C=C3C(=S)c4ccccc4C3=S)cc2OC52CCCCC2)C(=S)c2ccccc21. The molecule has 0 amide bonds. The summed E-state index contributed by atoms with van der Waals surface area (Å²) in [4.78, 5) is 10.9. The summed E-state index contributed by atoms with van der Waals surface area (Å²) in [5, 5.41) is 0. The van der Waals surface area contributed by atoms with Crippen molar-refractivity contribution in [3.8, 4) is 31.0 Å². The molecule has 0 radical (unpaired) electrons. The van der Waals surface area contributed by atoms with Crippen molar-refractivity contribution in [3.63, 3.8) is 0 Å². The van der Waals surface area contributed by atoms with E-state index in [1.807, 2.05) is 69.6 Å². The first-order valence-electron chi connectivity index (χ1n) is 19.4. The molecule has 276 valence electrons. The Morgan fingerprint density at radius 3 is 1.18 bits per heavy atom. The van der Waals surface area contributed by atoms with Crippen LogP contribution in [0, 0.1) is 0 Å². The predicted molar refractivity (Wildman–Crippen MR) is 253 cm³/mol. The zero-order chi connectivity index (χ0) is 37.5. The van der Waals surface area contributed by atoms with Gasteiger partial charge in [0, 0.05) is 54.3 Å². The second kappa shape index (κ2) is 12.7. The van der Waals surface area contributed by atoms with Crippen LogP contribution >= 0.6 is 94.2 Å². The second-order valence-electron chi connectivity index (χ2n) is 15.8. The number of hydrogen-bond acceptors (Lipinski definition) is 10. The fourth-order valence-electron chi connectivity index (χ4n) is 10.0. The molecule has 12 rings (SSSR count). The minimum atomic E-state index is -0.330. The molecular formula is C46H32O2S8. The Kier molecular flexibility index (Phi) is 7.93. The minimum absolute atomic E-state index is 0.330. The van der Waals surface area contributed by atoms with Gasteiger partial charge in [0.15, 0.2) is 0 Å². The molecule has 6 aliphatic rings. The maximum Gasteiger partial charge on any atom is 0.140 e. The molecule has 56 heavy (non-hydrogen) atoms. The summed E-state index contributed by atoms with van der Waals surface area (Å²) in [6.07, 6.45) is 15.8. The van der Waals surface area contributed by atoms with E-state index in [9.17, 15) is 0 Å². The smallest absolute Gasteiger partial charge is 0.140 e. The molecule has 0 N–H and O–H groups in total. The van der Waals surface area contributed by atoms with Crippen molar-refractivity contribution in [2.45, 2.75) is 75.4 Å². The minimum Gasteiger partial charge on any atom is -0.481 e. The van der Waals surface area contributed by atoms with Gasteiger partial charge >= 0.3 is 0 Å². The van der Waals surface area contributed by atoms with Gasteiger partial charge in [-0.2, -0.15) is 0 Å². The number of thiocarbonyl (C=S) groups is 4. The largest absolute Gasteiger partial charge is 0.481 e. The zero-order valence-electron chi connectivity index (χ0n) is 30.1. The van der Waals surface area contributed by atoms with E-state index in [4.69, 9.17) is 58.3 Å². The van der Waals surface area contributed by atoms with Crippen molar-refractivity contribution in [1.29, 1.82) is 0 Å². The number of ether oxygens (including phenoxy) is 2. The van der Waals surface area contributed by atoms with Crippen LogP contribution in [0.1, 0.15) is 107 Å². The average Bonchev–Trinajstić information content (AvgIpc) is 4.05. The molecule has 4 aliphatic carbocycles. The van der Waals surface area contributed by atoms with Gasteiger partial charge in [0.2, 0.25) is 0 Å². The summed E-state index contributed by atoms with van der Waals surface area (Å²) >= 11 is 31.5. The number of benzene rings is 2. The maximum atomic E-state index is 7.35. The lowest BCUT2D eigenvalue weighted by Gasteiger charge is -2.41. The van der Waals surface area contributed by atoms with E-state index in [0.29, 0.717) is 0 Å². The molecule has 6 aromatic rings. The molecule has 2 nitrogen and oxygen atoms in total. The summed E-state index contributed by atoms with van der Waals surface area (Å²) in [5.74, 6) is 2.02. The molecule has 0 bridgehead atoms. The average molecular weight is 873 g/mol. The van der Waals surface area contributed by atoms with E-state index >= 15 is 0 Å². The molecular weight excluding hydrogens is 841 g/mol. The normalized spacial score (nSPS) is 19.7. The Hall–Kier alpha value is -3.06. The first kappa shape index (κ1) is 34.9. The van der Waals surface area contributed by atoms with Crippen LogP contribution in [-0.4, -0.2) is 19.5 Å². The lowest BCUT2D eigenvalue weighted by atomic mass is 9.76. The van der Waals surface area contributed by atoms with Crippen molar-refractivity contribution >= 4 is 135 Å². The molecule has 6 heterocycles. The summed E-state index contributed by atoms with van der Waals surface area (Å²) in [6.45, 7) is 0. The Morgan fingerprint density at radius 2 is 0.821 bits per heavy atom. The molecule has 0 unspecified atom stereocenters. The monoisotopic (exact) mass is 872 g/mol. The highest BCUT2D eigenvalue weighted by molar-refractivity contribution is 7.84. The van der Waals surface area contributed by atoms with Crippen LogP contribution in [0.5, 0.6) is 11.5 Å². The molecule has 10 heteroatoms. The van der Waals surface area contributed by atoms with E-state index in [2.05, 4.69) is 48.6 Å². The molecule has 2 saturated carbocycles.